The number of benzene rings is 1. The molecule has 2 heteroatoms. The first kappa shape index (κ1) is 9.22. The molecule has 3 rings (SSSR count). The van der Waals surface area contributed by atoms with Crippen LogP contribution >= 0.6 is 0 Å². The van der Waals surface area contributed by atoms with E-state index in [0.29, 0.717) is 17.8 Å². The van der Waals surface area contributed by atoms with Gasteiger partial charge >= 0.3 is 0 Å². The average Bonchev–Trinajstić information content (AvgIpc) is 2.75. The first-order chi connectivity index (χ1) is 7.25. The zero-order chi connectivity index (χ0) is 10.4. The first-order valence-electron chi connectivity index (χ1n) is 5.79. The van der Waals surface area contributed by atoms with Crippen molar-refractivity contribution in [3.05, 3.63) is 29.8 Å². The summed E-state index contributed by atoms with van der Waals surface area (Å²) in [5, 5.41) is 9.99. The molecule has 15 heavy (non-hydrogen) atoms. The van der Waals surface area contributed by atoms with Crippen molar-refractivity contribution < 1.29 is 5.11 Å². The topological polar surface area (TPSA) is 46.2 Å². The lowest BCUT2D eigenvalue weighted by Gasteiger charge is -2.21. The Bertz CT molecular complexity index is 359. The van der Waals surface area contributed by atoms with Gasteiger partial charge in [0.15, 0.2) is 0 Å². The number of nitrogen functional groups attached to an aromatic ring is 1. The van der Waals surface area contributed by atoms with Gasteiger partial charge in [-0.05, 0) is 54.7 Å². The molecule has 2 saturated carbocycles. The molecule has 0 unspecified atom stereocenters. The maximum Gasteiger partial charge on any atom is 0.0602 e. The molecule has 2 fully saturated rings. The molecule has 0 aromatic heterocycles. The van der Waals surface area contributed by atoms with E-state index in [0.717, 1.165) is 12.1 Å². The van der Waals surface area contributed by atoms with E-state index in [1.165, 1.54) is 18.4 Å². The van der Waals surface area contributed by atoms with Crippen molar-refractivity contribution in [1.29, 1.82) is 0 Å². The molecular weight excluding hydrogens is 186 g/mol. The van der Waals surface area contributed by atoms with Gasteiger partial charge in [-0.3, -0.25) is 0 Å². The van der Waals surface area contributed by atoms with Gasteiger partial charge in [0.2, 0.25) is 0 Å². The molecule has 0 radical (unpaired) electrons. The van der Waals surface area contributed by atoms with Crippen LogP contribution in [0.25, 0.3) is 0 Å². The highest BCUT2D eigenvalue weighted by molar-refractivity contribution is 5.41. The van der Waals surface area contributed by atoms with Gasteiger partial charge in [-0.1, -0.05) is 12.1 Å². The summed E-state index contributed by atoms with van der Waals surface area (Å²) in [4.78, 5) is 0. The summed E-state index contributed by atoms with van der Waals surface area (Å²) >= 11 is 0. The van der Waals surface area contributed by atoms with E-state index in [1.807, 2.05) is 12.1 Å². The van der Waals surface area contributed by atoms with Crippen LogP contribution in [-0.4, -0.2) is 11.2 Å². The molecule has 0 amide bonds. The van der Waals surface area contributed by atoms with Crippen LogP contribution in [0, 0.1) is 11.8 Å². The van der Waals surface area contributed by atoms with Crippen LogP contribution in [0.1, 0.15) is 30.7 Å². The maximum absolute atomic E-state index is 9.99. The Hall–Kier alpha value is -1.02. The Balaban J connectivity index is 1.87. The van der Waals surface area contributed by atoms with Gasteiger partial charge in [-0.25, -0.2) is 0 Å². The predicted molar refractivity (Wildman–Crippen MR) is 60.4 cm³/mol. The lowest BCUT2D eigenvalue weighted by Crippen LogP contribution is -2.14. The third-order valence-corrected chi connectivity index (χ3v) is 4.23. The van der Waals surface area contributed by atoms with Crippen molar-refractivity contribution >= 4 is 5.69 Å². The Labute approximate surface area is 90.1 Å². The largest absolute Gasteiger partial charge is 0.399 e. The summed E-state index contributed by atoms with van der Waals surface area (Å²) in [5.41, 5.74) is 7.86. The van der Waals surface area contributed by atoms with E-state index < -0.39 is 0 Å². The molecule has 0 spiro atoms. The van der Waals surface area contributed by atoms with Crippen molar-refractivity contribution in [3.63, 3.8) is 0 Å². The van der Waals surface area contributed by atoms with Crippen molar-refractivity contribution in [3.8, 4) is 0 Å². The molecule has 80 valence electrons. The monoisotopic (exact) mass is 203 g/mol. The number of hydrogen-bond donors (Lipinski definition) is 2. The first-order valence-corrected chi connectivity index (χ1v) is 5.79. The summed E-state index contributed by atoms with van der Waals surface area (Å²) in [6.45, 7) is 0. The molecule has 2 aliphatic carbocycles. The predicted octanol–water partition coefficient (Wildman–Crippen LogP) is 2.14. The van der Waals surface area contributed by atoms with Gasteiger partial charge in [0, 0.05) is 5.69 Å². The standard InChI is InChI=1S/C13H17NO/c14-10-4-1-8(2-5-10)12-7-9-3-6-11(12)13(9)15/h1-2,4-5,9,11-13,15H,3,6-7,14H2/t9-,11+,12-,13+/m1/s1. The molecular formula is C13H17NO. The molecule has 2 bridgehead atoms. The summed E-state index contributed by atoms with van der Waals surface area (Å²) in [6, 6.07) is 8.17. The molecule has 0 heterocycles. The summed E-state index contributed by atoms with van der Waals surface area (Å²) in [5.74, 6) is 1.62. The Morgan fingerprint density at radius 3 is 2.40 bits per heavy atom. The van der Waals surface area contributed by atoms with E-state index in [9.17, 15) is 5.11 Å². The molecule has 2 aliphatic rings. The Kier molecular flexibility index (Phi) is 1.99. The second-order valence-electron chi connectivity index (χ2n) is 5.00. The van der Waals surface area contributed by atoms with Crippen LogP contribution in [0.2, 0.25) is 0 Å². The van der Waals surface area contributed by atoms with Crippen LogP contribution in [0.5, 0.6) is 0 Å². The number of aliphatic hydroxyl groups is 1. The Morgan fingerprint density at radius 1 is 1.13 bits per heavy atom. The highest BCUT2D eigenvalue weighted by atomic mass is 16.3. The van der Waals surface area contributed by atoms with Gasteiger partial charge in [-0.2, -0.15) is 0 Å². The second-order valence-corrected chi connectivity index (χ2v) is 5.00. The molecule has 2 nitrogen and oxygen atoms in total. The number of aliphatic hydroxyl groups excluding tert-OH is 1. The van der Waals surface area contributed by atoms with Crippen LogP contribution < -0.4 is 5.73 Å². The highest BCUT2D eigenvalue weighted by Crippen LogP contribution is 2.52. The quantitative estimate of drug-likeness (QED) is 0.687. The number of hydrogen-bond acceptors (Lipinski definition) is 2. The summed E-state index contributed by atoms with van der Waals surface area (Å²) < 4.78 is 0. The third kappa shape index (κ3) is 1.36. The van der Waals surface area contributed by atoms with E-state index >= 15 is 0 Å². The number of anilines is 1. The minimum atomic E-state index is -0.0486. The fourth-order valence-corrected chi connectivity index (χ4v) is 3.42. The van der Waals surface area contributed by atoms with Gasteiger partial charge in [0.1, 0.15) is 0 Å². The van der Waals surface area contributed by atoms with E-state index in [-0.39, 0.29) is 6.10 Å². The van der Waals surface area contributed by atoms with Crippen LogP contribution in [-0.2, 0) is 0 Å². The normalized spacial score (nSPS) is 38.5. The Morgan fingerprint density at radius 2 is 1.87 bits per heavy atom. The van der Waals surface area contributed by atoms with Gasteiger partial charge in [-0.15, -0.1) is 0 Å². The molecule has 0 saturated heterocycles. The highest BCUT2D eigenvalue weighted by Gasteiger charge is 2.47. The van der Waals surface area contributed by atoms with E-state index in [4.69, 9.17) is 5.73 Å². The van der Waals surface area contributed by atoms with Crippen LogP contribution in [0.15, 0.2) is 24.3 Å². The van der Waals surface area contributed by atoms with Crippen LogP contribution in [0.4, 0.5) is 5.69 Å². The fourth-order valence-electron chi connectivity index (χ4n) is 3.42. The molecule has 1 aromatic rings. The third-order valence-electron chi connectivity index (χ3n) is 4.23. The van der Waals surface area contributed by atoms with Gasteiger partial charge in [0.25, 0.3) is 0 Å². The minimum Gasteiger partial charge on any atom is -0.399 e. The molecule has 3 N–H and O–H groups in total. The van der Waals surface area contributed by atoms with Crippen LogP contribution in [0.3, 0.4) is 0 Å². The van der Waals surface area contributed by atoms with Crippen molar-refractivity contribution in [1.82, 2.24) is 0 Å². The zero-order valence-corrected chi connectivity index (χ0v) is 8.76. The zero-order valence-electron chi connectivity index (χ0n) is 8.76. The van der Waals surface area contributed by atoms with Crippen molar-refractivity contribution in [2.75, 3.05) is 5.73 Å². The van der Waals surface area contributed by atoms with E-state index in [1.54, 1.807) is 0 Å². The lowest BCUT2D eigenvalue weighted by atomic mass is 9.83. The summed E-state index contributed by atoms with van der Waals surface area (Å²) in [7, 11) is 0. The van der Waals surface area contributed by atoms with Crippen molar-refractivity contribution in [2.24, 2.45) is 11.8 Å². The fraction of sp³-hybridized carbons (Fsp3) is 0.538. The number of fused-ring (bicyclic) bond motifs is 2. The second kappa shape index (κ2) is 3.24. The lowest BCUT2D eigenvalue weighted by molar-refractivity contribution is 0.126. The number of rotatable bonds is 1. The average molecular weight is 203 g/mol. The van der Waals surface area contributed by atoms with E-state index in [2.05, 4.69) is 12.1 Å². The smallest absolute Gasteiger partial charge is 0.0602 e. The summed E-state index contributed by atoms with van der Waals surface area (Å²) in [6.07, 6.45) is 3.53. The molecule has 1 aromatic carbocycles. The maximum atomic E-state index is 9.99. The van der Waals surface area contributed by atoms with Crippen molar-refractivity contribution in [2.45, 2.75) is 31.3 Å². The molecule has 4 atom stereocenters. The van der Waals surface area contributed by atoms with Gasteiger partial charge in [0.05, 0.1) is 6.10 Å². The number of nitrogens with two attached hydrogens (primary N) is 1. The SMILES string of the molecule is Nc1ccc([C@H]2C[C@H]3CC[C@@H]2[C@H]3O)cc1. The minimum absolute atomic E-state index is 0.0486. The van der Waals surface area contributed by atoms with Gasteiger partial charge < -0.3 is 10.8 Å². The molecule has 0 aliphatic heterocycles.